The van der Waals surface area contributed by atoms with Crippen LogP contribution >= 0.6 is 23.2 Å². The van der Waals surface area contributed by atoms with E-state index in [2.05, 4.69) is 81.3 Å². The second-order valence-corrected chi connectivity index (χ2v) is 31.8. The summed E-state index contributed by atoms with van der Waals surface area (Å²) in [6, 6.07) is 4.71. The highest BCUT2D eigenvalue weighted by atomic mass is 35.5. The molecule has 12 aromatic heterocycles. The van der Waals surface area contributed by atoms with Gasteiger partial charge in [0.1, 0.15) is 105 Å². The van der Waals surface area contributed by atoms with Gasteiger partial charge in [0, 0.05) is 18.6 Å². The van der Waals surface area contributed by atoms with Crippen LogP contribution in [0.5, 0.6) is 5.88 Å². The first-order chi connectivity index (χ1) is 61.9. The molecule has 0 spiro atoms. The minimum absolute atomic E-state index is 0.0308. The van der Waals surface area contributed by atoms with Crippen molar-refractivity contribution >= 4 is 107 Å². The average Bonchev–Trinajstić information content (AvgIpc) is 1.62. The summed E-state index contributed by atoms with van der Waals surface area (Å²) in [6.07, 6.45) is -14.0. The van der Waals surface area contributed by atoms with Crippen molar-refractivity contribution in [3.63, 3.8) is 0 Å². The van der Waals surface area contributed by atoms with Crippen molar-refractivity contribution in [3.8, 4) is 5.88 Å². The molecule has 0 bridgehead atoms. The minimum atomic E-state index is -1.99. The third-order valence-corrected chi connectivity index (χ3v) is 24.0. The Hall–Kier alpha value is -10.6. The highest BCUT2D eigenvalue weighted by Gasteiger charge is 2.61. The van der Waals surface area contributed by atoms with Gasteiger partial charge in [0.15, 0.2) is 130 Å². The lowest BCUT2D eigenvalue weighted by Crippen LogP contribution is -2.47. The number of hydrogen-bond donors (Lipinski definition) is 17. The number of aliphatic hydroxyl groups is 12. The van der Waals surface area contributed by atoms with E-state index in [1.165, 1.54) is 103 Å². The van der Waals surface area contributed by atoms with Gasteiger partial charge in [-0.1, -0.05) is 13.0 Å². The fourth-order valence-electron chi connectivity index (χ4n) is 15.4. The maximum Gasteiger partial charge on any atom is 0.279 e. The smallest absolute Gasteiger partial charge is 0.279 e. The zero-order chi connectivity index (χ0) is 94.5. The number of imidazole rings is 6. The van der Waals surface area contributed by atoms with Crippen LogP contribution in [-0.4, -0.2) is 335 Å². The lowest BCUT2D eigenvalue weighted by atomic mass is 9.94. The Morgan fingerprint density at radius 3 is 1.08 bits per heavy atom. The first-order valence-corrected chi connectivity index (χ1v) is 40.8. The van der Waals surface area contributed by atoms with Crippen LogP contribution in [0.25, 0.3) is 67.0 Å². The molecule has 45 nitrogen and oxygen atoms in total. The quantitative estimate of drug-likeness (QED) is 0.0293. The van der Waals surface area contributed by atoms with E-state index in [1.54, 1.807) is 39.8 Å². The van der Waals surface area contributed by atoms with Crippen LogP contribution in [-0.2, 0) is 28.4 Å². The second kappa shape index (κ2) is 38.3. The molecule has 18 heterocycles. The predicted octanol–water partition coefficient (Wildman–Crippen LogP) is 0.246. The van der Waals surface area contributed by atoms with E-state index >= 15 is 0 Å². The zero-order valence-electron chi connectivity index (χ0n) is 69.6. The van der Waals surface area contributed by atoms with Crippen molar-refractivity contribution in [1.82, 2.24) is 102 Å². The van der Waals surface area contributed by atoms with E-state index in [9.17, 15) is 102 Å². The van der Waals surface area contributed by atoms with Crippen molar-refractivity contribution in [2.24, 2.45) is 0 Å². The minimum Gasteiger partial charge on any atom is -0.476 e. The maximum atomic E-state index is 14.6. The second-order valence-electron chi connectivity index (χ2n) is 31.3. The van der Waals surface area contributed by atoms with Gasteiger partial charge in [0.25, 0.3) is 11.1 Å². The summed E-state index contributed by atoms with van der Waals surface area (Å²) >= 11 is 11.4. The van der Waals surface area contributed by atoms with Crippen molar-refractivity contribution < 1.29 is 125 Å². The number of hydrogen-bond acceptors (Lipinski definition) is 37. The number of aromatic nitrogens is 21. The van der Waals surface area contributed by atoms with Crippen molar-refractivity contribution in [3.05, 3.63) is 126 Å². The number of nitrogens with one attached hydrogen (secondary N) is 2. The number of aliphatic hydroxyl groups excluding tert-OH is 12. The van der Waals surface area contributed by atoms with Gasteiger partial charge in [-0.2, -0.15) is 4.98 Å². The molecule has 0 radical (unpaired) electrons. The molecule has 6 aliphatic rings. The van der Waals surface area contributed by atoms with Crippen molar-refractivity contribution in [2.45, 2.75) is 193 Å². The summed E-state index contributed by atoms with van der Waals surface area (Å²) in [5.74, 6) is 0.876. The molecule has 0 amide bonds. The molecule has 6 aliphatic heterocycles. The van der Waals surface area contributed by atoms with Gasteiger partial charge in [0.05, 0.1) is 113 Å². The van der Waals surface area contributed by atoms with Gasteiger partial charge in [-0.15, -0.1) is 29.8 Å². The molecule has 130 heavy (non-hydrogen) atoms. The molecule has 0 unspecified atom stereocenters. The molecule has 6 fully saturated rings. The van der Waals surface area contributed by atoms with E-state index in [-0.39, 0.29) is 46.2 Å². The molecular weight excluding hydrogens is 1790 g/mol. The first-order valence-electron chi connectivity index (χ1n) is 39.8. The fourth-order valence-corrected chi connectivity index (χ4v) is 16.0. The molecule has 0 saturated carbocycles. The summed E-state index contributed by atoms with van der Waals surface area (Å²) in [5.41, 5.74) is 11.4. The number of nitrogen functional groups attached to an aromatic ring is 3. The maximum absolute atomic E-state index is 14.6. The number of nitrogens with two attached hydrogens (primary N) is 3. The van der Waals surface area contributed by atoms with Crippen LogP contribution in [0, 0.1) is 20.8 Å². The molecule has 6 saturated heterocycles. The Morgan fingerprint density at radius 1 is 0.438 bits per heavy atom. The van der Waals surface area contributed by atoms with Crippen LogP contribution in [0.4, 0.5) is 47.8 Å². The lowest BCUT2D eigenvalue weighted by Gasteiger charge is -2.28. The van der Waals surface area contributed by atoms with Crippen LogP contribution < -0.4 is 33.1 Å². The number of ether oxygens (including phenoxy) is 7. The topological polar surface area (TPSA) is 648 Å². The Morgan fingerprint density at radius 2 is 0.762 bits per heavy atom. The Bertz CT molecular complexity index is 5860. The highest BCUT2D eigenvalue weighted by molar-refractivity contribution is 6.19. The van der Waals surface area contributed by atoms with E-state index in [0.717, 1.165) is 0 Å². The molecule has 0 aliphatic carbocycles. The SMILES string of the molecule is C=C[C@]1(CO)O[C@@H](n2cnc3c(OCC)nc(C)nc32)[C@H](F)[C@@H]1O.CC[C@]1(CO)O[C@@H](n2cnc3c(N)ccnc32)[C@H](F)[C@@H]1O.Cc1nc2c(ncn2[C@@H]2O[C@@](CO)(CCl)[C@@H](O)[C@H]2F)c(=O)[nH]1.Cc1nc2c(ncn2[C@@H]2O[C@](C)(CO)[C@@H](O)[C@H]2F)c(=O)[nH]1.Nc1ccnc2c1ncn2[C@@H]1O[C@@](CO)(CCl)[C@@H](O)[C@H]1F.Nc1ccnc2c1ncn2[C@@H]1O[C@@](CO)(CF)[C@@H](O)[C@H]1F. The fraction of sp³-hybridized carbons (Fsp3) is 0.539. The van der Waals surface area contributed by atoms with Gasteiger partial charge >= 0.3 is 0 Å². The summed E-state index contributed by atoms with van der Waals surface area (Å²) < 4.78 is 146. The van der Waals surface area contributed by atoms with Crippen LogP contribution in [0.15, 0.2) is 97.0 Å². The first kappa shape index (κ1) is 97.0. The van der Waals surface area contributed by atoms with Gasteiger partial charge in [-0.3, -0.25) is 37.0 Å². The number of nitrogens with zero attached hydrogens (tertiary/aromatic N) is 19. The van der Waals surface area contributed by atoms with Crippen molar-refractivity contribution in [1.29, 1.82) is 0 Å². The normalized spacial score (nSPS) is 32.2. The van der Waals surface area contributed by atoms with E-state index < -0.39 is 202 Å². The van der Waals surface area contributed by atoms with Gasteiger partial charge < -0.3 is 122 Å². The Kier molecular flexibility index (Phi) is 28.6. The Balaban J connectivity index is 0.000000133. The number of anilines is 3. The standard InChI is InChI=1S/C15H19FN4O4.C13H17FN4O3.C12H14ClFN4O4.C12H14ClFN4O3.C12H14F2N4O3.C12H15FN4O4/c1-4-15(6-21)11(22)9(16)14(24-15)20-7-17-10-12(20)18-8(3)19-13(10)23-5-2;1-2-13(5-19)10(20)8(14)12(21-13)18-6-17-9-7(15)3-4-16-11(9)18;1-5-16-9-7(10(21)17-5)15-4-18(9)11-6(14)8(20)12(2-13,3-19)22-11;2*13-3-12(4-19)9(20)7(14)11(21-12)18-5-17-8-6(15)1-2-16-10(8)18;1-5-15-9-7(10(20)16-5)14-4-17(9)11-6(13)8(19)12(2,3-18)21-11/h4,7,9,11,14,21-22H,1,5-6H2,2-3H3;3-4,6,8,10,12,19-20H,2,5H2,1H3,(H2,15,16);4,6,8,11,19-20H,2-3H2,1H3,(H,16,17,21);2*1-2,5,7,9,11,19-20H,3-4H2,(H2,15,16);4,6,8,11,18-19H,3H2,1-2H3,(H,15,16,20)/t9-,11+,14-,15-;8-,10+,12-,13-;6-,8+,11-,12-;2*7-,9+,11-,12-;6-,8+,11-,12-/m111111/s1. The largest absolute Gasteiger partial charge is 0.476 e. The number of rotatable bonds is 19. The number of H-pyrrole nitrogens is 2. The molecule has 12 aromatic rings. The lowest BCUT2D eigenvalue weighted by molar-refractivity contribution is -0.136. The summed E-state index contributed by atoms with van der Waals surface area (Å²) in [4.78, 5) is 81.7. The number of halogens is 9. The Labute approximate surface area is 737 Å². The molecule has 54 heteroatoms. The van der Waals surface area contributed by atoms with E-state index in [4.69, 9.17) is 73.6 Å². The molecule has 18 rings (SSSR count). The van der Waals surface area contributed by atoms with Crippen LogP contribution in [0.1, 0.15) is 82.0 Å². The van der Waals surface area contributed by atoms with Crippen LogP contribution in [0.3, 0.4) is 0 Å². The number of alkyl halides is 9. The highest BCUT2D eigenvalue weighted by Crippen LogP contribution is 2.48. The van der Waals surface area contributed by atoms with Gasteiger partial charge in [-0.25, -0.2) is 90.5 Å². The van der Waals surface area contributed by atoms with Gasteiger partial charge in [-0.05, 0) is 59.2 Å². The molecular formula is C76H93Cl2F7N24O21. The van der Waals surface area contributed by atoms with Crippen LogP contribution in [0.2, 0.25) is 0 Å². The summed E-state index contributed by atoms with van der Waals surface area (Å²) in [6.45, 7) is 8.79. The monoisotopic (exact) mass is 1880 g/mol. The molecule has 706 valence electrons. The zero-order valence-corrected chi connectivity index (χ0v) is 71.1. The predicted molar refractivity (Wildman–Crippen MR) is 441 cm³/mol. The van der Waals surface area contributed by atoms with Crippen molar-refractivity contribution in [2.75, 3.05) is 81.9 Å². The summed E-state index contributed by atoms with van der Waals surface area (Å²) in [5, 5.41) is 116. The molecule has 20 N–H and O–H groups in total. The number of aryl methyl sites for hydroxylation is 3. The molecule has 0 aromatic carbocycles. The third kappa shape index (κ3) is 16.8. The number of aromatic amines is 2. The average molecular weight is 1880 g/mol. The van der Waals surface area contributed by atoms with E-state index in [1.807, 2.05) is 6.92 Å². The summed E-state index contributed by atoms with van der Waals surface area (Å²) in [7, 11) is 0. The number of pyridine rings is 3. The van der Waals surface area contributed by atoms with Gasteiger partial charge in [0.2, 0.25) is 5.88 Å². The molecule has 24 atom stereocenters. The number of fused-ring (bicyclic) bond motifs is 6. The third-order valence-electron chi connectivity index (χ3n) is 23.1. The van der Waals surface area contributed by atoms with E-state index in [0.29, 0.717) is 86.0 Å².